The lowest BCUT2D eigenvalue weighted by molar-refractivity contribution is -0.00398. The second-order valence-corrected chi connectivity index (χ2v) is 5.23. The van der Waals surface area contributed by atoms with Crippen LogP contribution in [0.1, 0.15) is 55.5 Å². The fraction of sp³-hybridized carbons (Fsp3) is 0.533. The van der Waals surface area contributed by atoms with Gasteiger partial charge in [0.25, 0.3) is 0 Å². The molecule has 1 aromatic carbocycles. The maximum Gasteiger partial charge on any atom is 0.160 e. The summed E-state index contributed by atoms with van der Waals surface area (Å²) in [7, 11) is 0. The lowest BCUT2D eigenvalue weighted by Gasteiger charge is -2.32. The van der Waals surface area contributed by atoms with Gasteiger partial charge < -0.3 is 5.11 Å². The molecule has 2 heteroatoms. The van der Waals surface area contributed by atoms with E-state index in [-0.39, 0.29) is 11.7 Å². The molecule has 1 aromatic rings. The molecule has 1 fully saturated rings. The number of hydrogen-bond acceptors (Lipinski definition) is 2. The Hall–Kier alpha value is -1.15. The van der Waals surface area contributed by atoms with E-state index in [1.807, 2.05) is 25.1 Å². The summed E-state index contributed by atoms with van der Waals surface area (Å²) < 4.78 is 0. The fourth-order valence-electron chi connectivity index (χ4n) is 2.94. The van der Waals surface area contributed by atoms with E-state index >= 15 is 0 Å². The first-order chi connectivity index (χ1) is 8.03. The maximum atomic E-state index is 11.6. The summed E-state index contributed by atoms with van der Waals surface area (Å²) in [6.45, 7) is 3.41. The predicted molar refractivity (Wildman–Crippen MR) is 68.0 cm³/mol. The zero-order valence-corrected chi connectivity index (χ0v) is 10.6. The molecule has 0 bridgehead atoms. The van der Waals surface area contributed by atoms with Gasteiger partial charge in [-0.05, 0) is 38.2 Å². The molecule has 0 heterocycles. The van der Waals surface area contributed by atoms with Crippen LogP contribution in [0.5, 0.6) is 0 Å². The molecule has 1 aliphatic carbocycles. The predicted octanol–water partition coefficient (Wildman–Crippen LogP) is 3.29. The van der Waals surface area contributed by atoms with Gasteiger partial charge in [0.1, 0.15) is 0 Å². The smallest absolute Gasteiger partial charge is 0.160 e. The van der Waals surface area contributed by atoms with Crippen LogP contribution in [0.25, 0.3) is 0 Å². The Morgan fingerprint density at radius 2 is 1.88 bits per heavy atom. The number of carbonyl (C=O) groups excluding carboxylic acids is 1. The largest absolute Gasteiger partial charge is 0.385 e. The maximum absolute atomic E-state index is 11.6. The monoisotopic (exact) mass is 232 g/mol. The molecule has 0 aromatic heterocycles. The topological polar surface area (TPSA) is 37.3 Å². The number of Topliss-reactive ketones (excluding diaryl/α,β-unsaturated/α-hetero) is 1. The highest BCUT2D eigenvalue weighted by Gasteiger charge is 2.37. The van der Waals surface area contributed by atoms with Crippen LogP contribution in [0.3, 0.4) is 0 Å². The van der Waals surface area contributed by atoms with Gasteiger partial charge in [0.2, 0.25) is 0 Å². The highest BCUT2D eigenvalue weighted by atomic mass is 16.3. The highest BCUT2D eigenvalue weighted by Crippen LogP contribution is 2.41. The Morgan fingerprint density at radius 3 is 2.47 bits per heavy atom. The van der Waals surface area contributed by atoms with Crippen LogP contribution < -0.4 is 0 Å². The van der Waals surface area contributed by atoms with E-state index in [4.69, 9.17) is 0 Å². The third-order valence-electron chi connectivity index (χ3n) is 4.00. The Labute approximate surface area is 103 Å². The summed E-state index contributed by atoms with van der Waals surface area (Å²) in [4.78, 5) is 11.6. The van der Waals surface area contributed by atoms with E-state index < -0.39 is 5.60 Å². The Morgan fingerprint density at radius 1 is 1.29 bits per heavy atom. The molecule has 1 N–H and O–H groups in total. The summed E-state index contributed by atoms with van der Waals surface area (Å²) >= 11 is 0. The minimum atomic E-state index is -0.876. The molecule has 0 saturated heterocycles. The minimum absolute atomic E-state index is 0.0267. The van der Waals surface area contributed by atoms with E-state index in [1.165, 1.54) is 12.8 Å². The molecule has 0 amide bonds. The molecule has 0 aliphatic heterocycles. The molecule has 17 heavy (non-hydrogen) atoms. The molecule has 0 spiro atoms. The lowest BCUT2D eigenvalue weighted by atomic mass is 9.79. The summed E-state index contributed by atoms with van der Waals surface area (Å²) in [6, 6.07) is 7.44. The number of carbonyl (C=O) groups is 1. The first-order valence-corrected chi connectivity index (χ1v) is 6.36. The Kier molecular flexibility index (Phi) is 3.34. The van der Waals surface area contributed by atoms with Crippen LogP contribution >= 0.6 is 0 Å². The third-order valence-corrected chi connectivity index (χ3v) is 4.00. The first kappa shape index (κ1) is 12.3. The molecule has 0 radical (unpaired) electrons. The van der Waals surface area contributed by atoms with Gasteiger partial charge in [0, 0.05) is 5.56 Å². The van der Waals surface area contributed by atoms with Crippen LogP contribution in [0, 0.1) is 5.92 Å². The minimum Gasteiger partial charge on any atom is -0.385 e. The van der Waals surface area contributed by atoms with Crippen molar-refractivity contribution in [3.63, 3.8) is 0 Å². The van der Waals surface area contributed by atoms with Gasteiger partial charge in [0.15, 0.2) is 5.78 Å². The summed E-state index contributed by atoms with van der Waals surface area (Å²) in [5.74, 6) is 0.307. The summed E-state index contributed by atoms with van der Waals surface area (Å²) in [5, 5.41) is 10.8. The van der Waals surface area contributed by atoms with Crippen molar-refractivity contribution in [1.29, 1.82) is 0 Å². The Balaban J connectivity index is 2.41. The average molecular weight is 232 g/mol. The summed E-state index contributed by atoms with van der Waals surface area (Å²) in [5.41, 5.74) is 0.572. The fourth-order valence-corrected chi connectivity index (χ4v) is 2.94. The van der Waals surface area contributed by atoms with E-state index in [9.17, 15) is 9.90 Å². The van der Waals surface area contributed by atoms with E-state index in [0.29, 0.717) is 5.56 Å². The van der Waals surface area contributed by atoms with Crippen molar-refractivity contribution in [2.24, 2.45) is 5.92 Å². The number of hydrogen-bond donors (Lipinski definition) is 1. The number of rotatable bonds is 3. The van der Waals surface area contributed by atoms with Crippen molar-refractivity contribution < 1.29 is 9.90 Å². The number of aliphatic hydroxyl groups is 1. The van der Waals surface area contributed by atoms with Gasteiger partial charge in [-0.1, -0.05) is 37.1 Å². The molecule has 1 saturated carbocycles. The van der Waals surface area contributed by atoms with Gasteiger partial charge in [-0.3, -0.25) is 4.79 Å². The van der Waals surface area contributed by atoms with Gasteiger partial charge in [-0.15, -0.1) is 0 Å². The second-order valence-electron chi connectivity index (χ2n) is 5.23. The van der Waals surface area contributed by atoms with Gasteiger partial charge in [0.05, 0.1) is 5.60 Å². The molecule has 1 atom stereocenters. The standard InChI is InChI=1S/C15H20O2/c1-11(16)13-9-5-6-10-14(13)15(2,17)12-7-3-4-8-12/h5-6,9-10,12,17H,3-4,7-8H2,1-2H3. The van der Waals surface area contributed by atoms with E-state index in [2.05, 4.69) is 0 Å². The van der Waals surface area contributed by atoms with Gasteiger partial charge in [-0.25, -0.2) is 0 Å². The van der Waals surface area contributed by atoms with Crippen molar-refractivity contribution in [3.05, 3.63) is 35.4 Å². The third kappa shape index (κ3) is 2.27. The quantitative estimate of drug-likeness (QED) is 0.812. The Bertz CT molecular complexity index is 415. The van der Waals surface area contributed by atoms with E-state index in [1.54, 1.807) is 13.0 Å². The first-order valence-electron chi connectivity index (χ1n) is 6.36. The zero-order valence-electron chi connectivity index (χ0n) is 10.6. The summed E-state index contributed by atoms with van der Waals surface area (Å²) in [6.07, 6.45) is 4.48. The number of ketones is 1. The molecule has 1 unspecified atom stereocenters. The van der Waals surface area contributed by atoms with Crippen molar-refractivity contribution in [3.8, 4) is 0 Å². The number of benzene rings is 1. The van der Waals surface area contributed by atoms with E-state index in [0.717, 1.165) is 18.4 Å². The van der Waals surface area contributed by atoms with Crippen molar-refractivity contribution in [2.45, 2.75) is 45.1 Å². The van der Waals surface area contributed by atoms with Crippen LogP contribution in [-0.2, 0) is 5.60 Å². The van der Waals surface area contributed by atoms with Crippen LogP contribution in [0.2, 0.25) is 0 Å². The molecular weight excluding hydrogens is 212 g/mol. The highest BCUT2D eigenvalue weighted by molar-refractivity contribution is 5.95. The zero-order chi connectivity index (χ0) is 12.5. The van der Waals surface area contributed by atoms with Crippen LogP contribution in [0.4, 0.5) is 0 Å². The van der Waals surface area contributed by atoms with Crippen LogP contribution in [0.15, 0.2) is 24.3 Å². The van der Waals surface area contributed by atoms with Crippen LogP contribution in [-0.4, -0.2) is 10.9 Å². The van der Waals surface area contributed by atoms with Crippen molar-refractivity contribution >= 4 is 5.78 Å². The van der Waals surface area contributed by atoms with Gasteiger partial charge in [-0.2, -0.15) is 0 Å². The van der Waals surface area contributed by atoms with Gasteiger partial charge >= 0.3 is 0 Å². The molecular formula is C15H20O2. The van der Waals surface area contributed by atoms with Crippen molar-refractivity contribution in [1.82, 2.24) is 0 Å². The molecule has 2 rings (SSSR count). The lowest BCUT2D eigenvalue weighted by Crippen LogP contribution is -2.31. The second kappa shape index (κ2) is 4.61. The van der Waals surface area contributed by atoms with Crippen molar-refractivity contribution in [2.75, 3.05) is 0 Å². The normalized spacial score (nSPS) is 20.2. The average Bonchev–Trinajstić information content (AvgIpc) is 2.83. The SMILES string of the molecule is CC(=O)c1ccccc1C(C)(O)C1CCCC1. The molecule has 1 aliphatic rings. The molecule has 2 nitrogen and oxygen atoms in total. The molecule has 92 valence electrons.